The van der Waals surface area contributed by atoms with E-state index in [-0.39, 0.29) is 0 Å². The third-order valence-electron chi connectivity index (χ3n) is 4.52. The lowest BCUT2D eigenvalue weighted by molar-refractivity contribution is 0.298. The summed E-state index contributed by atoms with van der Waals surface area (Å²) in [5, 5.41) is 4.90. The maximum absolute atomic E-state index is 5.87. The van der Waals surface area contributed by atoms with E-state index in [4.69, 9.17) is 4.74 Å². The van der Waals surface area contributed by atoms with Crippen molar-refractivity contribution in [2.75, 3.05) is 19.7 Å². The molecule has 1 aliphatic rings. The Labute approximate surface area is 136 Å². The van der Waals surface area contributed by atoms with Gasteiger partial charge in [0.15, 0.2) is 0 Å². The van der Waals surface area contributed by atoms with Crippen molar-refractivity contribution in [3.63, 3.8) is 0 Å². The van der Waals surface area contributed by atoms with Crippen molar-refractivity contribution in [3.8, 4) is 5.75 Å². The summed E-state index contributed by atoms with van der Waals surface area (Å²) in [6.45, 7) is 3.66. The molecule has 0 radical (unpaired) electrons. The lowest BCUT2D eigenvalue weighted by Crippen LogP contribution is -2.18. The van der Waals surface area contributed by atoms with Crippen LogP contribution in [0.15, 0.2) is 48.8 Å². The molecule has 0 aliphatic carbocycles. The number of fused-ring (bicyclic) bond motifs is 3. The number of aromatic nitrogens is 2. The van der Waals surface area contributed by atoms with E-state index in [2.05, 4.69) is 39.1 Å². The topological polar surface area (TPSA) is 39.1 Å². The van der Waals surface area contributed by atoms with Crippen molar-refractivity contribution < 1.29 is 4.74 Å². The number of ether oxygens (including phenoxy) is 1. The van der Waals surface area contributed by atoms with E-state index in [1.54, 1.807) is 12.4 Å². The second-order valence-corrected chi connectivity index (χ2v) is 5.88. The van der Waals surface area contributed by atoms with Crippen molar-refractivity contribution in [1.82, 2.24) is 14.9 Å². The first-order valence-corrected chi connectivity index (χ1v) is 8.26. The van der Waals surface area contributed by atoms with E-state index in [0.29, 0.717) is 6.61 Å². The average molecular weight is 307 g/mol. The van der Waals surface area contributed by atoms with Gasteiger partial charge in [-0.05, 0) is 36.7 Å². The van der Waals surface area contributed by atoms with E-state index >= 15 is 0 Å². The van der Waals surface area contributed by atoms with Crippen LogP contribution in [0.25, 0.3) is 10.9 Å². The summed E-state index contributed by atoms with van der Waals surface area (Å²) in [5.74, 6) is 0.879. The SMILES string of the molecule is c1ccc2c(c1)c1c(n2CCOc2ccncc2)CCNCC1. The number of nitrogens with one attached hydrogen (secondary N) is 1. The molecule has 0 saturated carbocycles. The summed E-state index contributed by atoms with van der Waals surface area (Å²) < 4.78 is 8.32. The molecule has 0 spiro atoms. The molecule has 0 bridgehead atoms. The average Bonchev–Trinajstić information content (AvgIpc) is 2.76. The van der Waals surface area contributed by atoms with Crippen LogP contribution in [0.2, 0.25) is 0 Å². The summed E-state index contributed by atoms with van der Waals surface area (Å²) >= 11 is 0. The van der Waals surface area contributed by atoms with Gasteiger partial charge in [-0.3, -0.25) is 4.98 Å². The van der Waals surface area contributed by atoms with Crippen LogP contribution in [0.3, 0.4) is 0 Å². The zero-order chi connectivity index (χ0) is 15.5. The van der Waals surface area contributed by atoms with Gasteiger partial charge in [0.05, 0.1) is 6.54 Å². The first-order chi connectivity index (χ1) is 11.4. The number of hydrogen-bond acceptors (Lipinski definition) is 3. The standard InChI is InChI=1S/C19H21N3O/c1-2-4-18-16(3-1)17-7-11-21-12-8-19(17)22(18)13-14-23-15-5-9-20-10-6-15/h1-6,9-10,21H,7-8,11-14H2. The normalized spacial score (nSPS) is 14.4. The minimum atomic E-state index is 0.669. The molecule has 0 fully saturated rings. The maximum Gasteiger partial charge on any atom is 0.122 e. The Morgan fingerprint density at radius 2 is 1.87 bits per heavy atom. The van der Waals surface area contributed by atoms with E-state index < -0.39 is 0 Å². The number of para-hydroxylation sites is 1. The van der Waals surface area contributed by atoms with Crippen LogP contribution in [0.4, 0.5) is 0 Å². The maximum atomic E-state index is 5.87. The van der Waals surface area contributed by atoms with Crippen LogP contribution < -0.4 is 10.1 Å². The van der Waals surface area contributed by atoms with Crippen molar-refractivity contribution in [1.29, 1.82) is 0 Å². The monoisotopic (exact) mass is 307 g/mol. The molecule has 2 aromatic heterocycles. The molecule has 0 atom stereocenters. The van der Waals surface area contributed by atoms with Crippen LogP contribution in [-0.4, -0.2) is 29.2 Å². The van der Waals surface area contributed by atoms with Gasteiger partial charge < -0.3 is 14.6 Å². The van der Waals surface area contributed by atoms with E-state index in [0.717, 1.165) is 38.2 Å². The fraction of sp³-hybridized carbons (Fsp3) is 0.316. The zero-order valence-electron chi connectivity index (χ0n) is 13.2. The Balaban J connectivity index is 1.62. The van der Waals surface area contributed by atoms with Gasteiger partial charge in [-0.15, -0.1) is 0 Å². The zero-order valence-corrected chi connectivity index (χ0v) is 13.2. The van der Waals surface area contributed by atoms with Crippen molar-refractivity contribution >= 4 is 10.9 Å². The molecule has 1 N–H and O–H groups in total. The Morgan fingerprint density at radius 1 is 1.04 bits per heavy atom. The first-order valence-electron chi connectivity index (χ1n) is 8.26. The first kappa shape index (κ1) is 14.3. The molecule has 4 heteroatoms. The predicted octanol–water partition coefficient (Wildman–Crippen LogP) is 2.80. The van der Waals surface area contributed by atoms with E-state index in [1.807, 2.05) is 12.1 Å². The largest absolute Gasteiger partial charge is 0.492 e. The number of benzene rings is 1. The van der Waals surface area contributed by atoms with E-state index in [1.165, 1.54) is 22.2 Å². The van der Waals surface area contributed by atoms with Gasteiger partial charge in [-0.25, -0.2) is 0 Å². The summed E-state index contributed by atoms with van der Waals surface area (Å²) in [6.07, 6.45) is 5.71. The third kappa shape index (κ3) is 2.82. The van der Waals surface area contributed by atoms with E-state index in [9.17, 15) is 0 Å². The van der Waals surface area contributed by atoms with Crippen molar-refractivity contribution in [2.45, 2.75) is 19.4 Å². The second kappa shape index (κ2) is 6.42. The number of nitrogens with zero attached hydrogens (tertiary/aromatic N) is 2. The van der Waals surface area contributed by atoms with Gasteiger partial charge in [-0.2, -0.15) is 0 Å². The van der Waals surface area contributed by atoms with Crippen LogP contribution in [0.1, 0.15) is 11.3 Å². The van der Waals surface area contributed by atoms with Crippen molar-refractivity contribution in [3.05, 3.63) is 60.0 Å². The van der Waals surface area contributed by atoms with Gasteiger partial charge in [0, 0.05) is 42.0 Å². The Bertz CT molecular complexity index is 795. The molecule has 1 aliphatic heterocycles. The highest BCUT2D eigenvalue weighted by Gasteiger charge is 2.18. The molecular formula is C19H21N3O. The Hall–Kier alpha value is -2.33. The Kier molecular flexibility index (Phi) is 3.99. The fourth-order valence-electron chi connectivity index (χ4n) is 3.48. The number of pyridine rings is 1. The lowest BCUT2D eigenvalue weighted by atomic mass is 10.1. The molecule has 4 nitrogen and oxygen atoms in total. The molecule has 4 rings (SSSR count). The number of rotatable bonds is 4. The molecule has 3 aromatic rings. The Morgan fingerprint density at radius 3 is 2.78 bits per heavy atom. The third-order valence-corrected chi connectivity index (χ3v) is 4.52. The summed E-state index contributed by atoms with van der Waals surface area (Å²) in [4.78, 5) is 4.02. The van der Waals surface area contributed by atoms with Gasteiger partial charge in [0.1, 0.15) is 12.4 Å². The highest BCUT2D eigenvalue weighted by molar-refractivity contribution is 5.85. The van der Waals surface area contributed by atoms with Gasteiger partial charge >= 0.3 is 0 Å². The molecular weight excluding hydrogens is 286 g/mol. The highest BCUT2D eigenvalue weighted by atomic mass is 16.5. The molecule has 23 heavy (non-hydrogen) atoms. The lowest BCUT2D eigenvalue weighted by Gasteiger charge is -2.12. The summed E-state index contributed by atoms with van der Waals surface area (Å²) in [7, 11) is 0. The molecule has 1 aromatic carbocycles. The second-order valence-electron chi connectivity index (χ2n) is 5.88. The fourth-order valence-corrected chi connectivity index (χ4v) is 3.48. The molecule has 118 valence electrons. The molecule has 0 amide bonds. The van der Waals surface area contributed by atoms with Crippen molar-refractivity contribution in [2.24, 2.45) is 0 Å². The predicted molar refractivity (Wildman–Crippen MR) is 91.9 cm³/mol. The van der Waals surface area contributed by atoms with Crippen LogP contribution in [0.5, 0.6) is 5.75 Å². The smallest absolute Gasteiger partial charge is 0.122 e. The number of hydrogen-bond donors (Lipinski definition) is 1. The van der Waals surface area contributed by atoms with Gasteiger partial charge in [0.25, 0.3) is 0 Å². The minimum absolute atomic E-state index is 0.669. The van der Waals surface area contributed by atoms with Gasteiger partial charge in [0.2, 0.25) is 0 Å². The summed E-state index contributed by atoms with van der Waals surface area (Å²) in [5.41, 5.74) is 4.31. The summed E-state index contributed by atoms with van der Waals surface area (Å²) in [6, 6.07) is 12.5. The molecule has 0 unspecified atom stereocenters. The molecule has 0 saturated heterocycles. The molecule has 3 heterocycles. The minimum Gasteiger partial charge on any atom is -0.492 e. The highest BCUT2D eigenvalue weighted by Crippen LogP contribution is 2.28. The van der Waals surface area contributed by atoms with Crippen LogP contribution in [-0.2, 0) is 19.4 Å². The van der Waals surface area contributed by atoms with Gasteiger partial charge in [-0.1, -0.05) is 18.2 Å². The van der Waals surface area contributed by atoms with Crippen LogP contribution in [0, 0.1) is 0 Å². The quantitative estimate of drug-likeness (QED) is 0.805. The van der Waals surface area contributed by atoms with Crippen LogP contribution >= 0.6 is 0 Å².